The van der Waals surface area contributed by atoms with E-state index in [1.54, 1.807) is 6.07 Å². The first-order valence-electron chi connectivity index (χ1n) is 7.45. The summed E-state index contributed by atoms with van der Waals surface area (Å²) in [6.45, 7) is 0.299. The summed E-state index contributed by atoms with van der Waals surface area (Å²) in [5.41, 5.74) is 6.19. The lowest BCUT2D eigenvalue weighted by Gasteiger charge is -2.29. The van der Waals surface area contributed by atoms with Gasteiger partial charge in [-0.05, 0) is 36.5 Å². The Morgan fingerprint density at radius 2 is 2.00 bits per heavy atom. The summed E-state index contributed by atoms with van der Waals surface area (Å²) in [4.78, 5) is 0. The standard InChI is InChI=1S/C15H23FN2O2S/c16-14-8-4-5-12(9-14)11-21(19,20)18-15(10-17)13-6-2-1-3-7-13/h4-5,8-9,13,15,18H,1-3,6-7,10-11,17H2. The summed E-state index contributed by atoms with van der Waals surface area (Å²) in [7, 11) is -3.51. The minimum atomic E-state index is -3.51. The molecule has 0 heterocycles. The van der Waals surface area contributed by atoms with Crippen LogP contribution in [0.25, 0.3) is 0 Å². The molecule has 1 saturated carbocycles. The van der Waals surface area contributed by atoms with E-state index in [1.807, 2.05) is 0 Å². The molecule has 1 aliphatic rings. The number of rotatable bonds is 6. The summed E-state index contributed by atoms with van der Waals surface area (Å²) in [5.74, 6) is -0.329. The van der Waals surface area contributed by atoms with E-state index >= 15 is 0 Å². The Balaban J connectivity index is 2.01. The summed E-state index contributed by atoms with van der Waals surface area (Å²) < 4.78 is 40.3. The highest BCUT2D eigenvalue weighted by atomic mass is 32.2. The highest BCUT2D eigenvalue weighted by molar-refractivity contribution is 7.88. The molecule has 4 nitrogen and oxygen atoms in total. The van der Waals surface area contributed by atoms with E-state index in [0.29, 0.717) is 18.0 Å². The zero-order chi connectivity index (χ0) is 15.3. The van der Waals surface area contributed by atoms with Gasteiger partial charge in [0.2, 0.25) is 10.0 Å². The maximum atomic E-state index is 13.1. The zero-order valence-electron chi connectivity index (χ0n) is 12.1. The van der Waals surface area contributed by atoms with Crippen molar-refractivity contribution in [3.8, 4) is 0 Å². The Hall–Kier alpha value is -0.980. The van der Waals surface area contributed by atoms with Gasteiger partial charge in [0.1, 0.15) is 5.82 Å². The molecular weight excluding hydrogens is 291 g/mol. The van der Waals surface area contributed by atoms with Crippen molar-refractivity contribution in [3.05, 3.63) is 35.6 Å². The van der Waals surface area contributed by atoms with Crippen molar-refractivity contribution in [1.82, 2.24) is 4.72 Å². The second-order valence-corrected chi connectivity index (χ2v) is 7.50. The van der Waals surface area contributed by atoms with Gasteiger partial charge in [0.05, 0.1) is 5.75 Å². The van der Waals surface area contributed by atoms with Crippen molar-refractivity contribution in [2.45, 2.75) is 43.9 Å². The van der Waals surface area contributed by atoms with Crippen molar-refractivity contribution < 1.29 is 12.8 Å². The van der Waals surface area contributed by atoms with Gasteiger partial charge < -0.3 is 5.73 Å². The zero-order valence-corrected chi connectivity index (χ0v) is 12.9. The summed E-state index contributed by atoms with van der Waals surface area (Å²) in [6, 6.07) is 5.46. The van der Waals surface area contributed by atoms with Crippen LogP contribution in [-0.2, 0) is 15.8 Å². The molecule has 1 atom stereocenters. The van der Waals surface area contributed by atoms with Crippen LogP contribution in [0.4, 0.5) is 4.39 Å². The average Bonchev–Trinajstić information content (AvgIpc) is 2.45. The Labute approximate surface area is 126 Å². The predicted octanol–water partition coefficient (Wildman–Crippen LogP) is 2.15. The van der Waals surface area contributed by atoms with E-state index in [-0.39, 0.29) is 11.8 Å². The largest absolute Gasteiger partial charge is 0.329 e. The van der Waals surface area contributed by atoms with Gasteiger partial charge in [-0.1, -0.05) is 31.4 Å². The number of sulfonamides is 1. The fourth-order valence-electron chi connectivity index (χ4n) is 2.99. The van der Waals surface area contributed by atoms with Crippen LogP contribution in [0, 0.1) is 11.7 Å². The number of hydrogen-bond donors (Lipinski definition) is 2. The first-order chi connectivity index (χ1) is 10.00. The third kappa shape index (κ3) is 5.05. The summed E-state index contributed by atoms with van der Waals surface area (Å²) >= 11 is 0. The van der Waals surface area contributed by atoms with E-state index in [9.17, 15) is 12.8 Å². The number of nitrogens with two attached hydrogens (primary N) is 1. The topological polar surface area (TPSA) is 72.2 Å². The van der Waals surface area contributed by atoms with E-state index in [2.05, 4.69) is 4.72 Å². The number of hydrogen-bond acceptors (Lipinski definition) is 3. The molecule has 3 N–H and O–H groups in total. The Bertz CT molecular complexity index is 557. The lowest BCUT2D eigenvalue weighted by Crippen LogP contribution is -2.46. The van der Waals surface area contributed by atoms with Crippen LogP contribution in [0.5, 0.6) is 0 Å². The Morgan fingerprint density at radius 1 is 1.29 bits per heavy atom. The van der Waals surface area contributed by atoms with Crippen molar-refractivity contribution in [2.75, 3.05) is 6.54 Å². The molecule has 0 bridgehead atoms. The fourth-order valence-corrected chi connectivity index (χ4v) is 4.44. The Morgan fingerprint density at radius 3 is 2.62 bits per heavy atom. The third-order valence-corrected chi connectivity index (χ3v) is 5.42. The second-order valence-electron chi connectivity index (χ2n) is 5.75. The molecule has 2 rings (SSSR count). The first-order valence-corrected chi connectivity index (χ1v) is 9.10. The van der Waals surface area contributed by atoms with Gasteiger partial charge in [-0.2, -0.15) is 0 Å². The van der Waals surface area contributed by atoms with Crippen LogP contribution in [0.15, 0.2) is 24.3 Å². The molecule has 1 unspecified atom stereocenters. The molecule has 0 saturated heterocycles. The van der Waals surface area contributed by atoms with Gasteiger partial charge in [0.15, 0.2) is 0 Å². The molecule has 0 aliphatic heterocycles. The maximum Gasteiger partial charge on any atom is 0.216 e. The second kappa shape index (κ2) is 7.33. The molecule has 6 heteroatoms. The SMILES string of the molecule is NCC(NS(=O)(=O)Cc1cccc(F)c1)C1CCCCC1. The smallest absolute Gasteiger partial charge is 0.216 e. The summed E-state index contributed by atoms with van der Waals surface area (Å²) in [6.07, 6.45) is 5.51. The monoisotopic (exact) mass is 314 g/mol. The van der Waals surface area contributed by atoms with Gasteiger partial charge in [-0.3, -0.25) is 0 Å². The van der Waals surface area contributed by atoms with Crippen molar-refractivity contribution in [2.24, 2.45) is 11.7 Å². The number of benzene rings is 1. The van der Waals surface area contributed by atoms with Crippen LogP contribution < -0.4 is 10.5 Å². The highest BCUT2D eigenvalue weighted by Crippen LogP contribution is 2.26. The lowest BCUT2D eigenvalue weighted by molar-refractivity contribution is 0.294. The van der Waals surface area contributed by atoms with Gasteiger partial charge in [-0.25, -0.2) is 17.5 Å². The molecule has 0 amide bonds. The van der Waals surface area contributed by atoms with Crippen LogP contribution in [0.3, 0.4) is 0 Å². The van der Waals surface area contributed by atoms with E-state index in [0.717, 1.165) is 25.7 Å². The maximum absolute atomic E-state index is 13.1. The number of halogens is 1. The van der Waals surface area contributed by atoms with Crippen LogP contribution in [0.1, 0.15) is 37.7 Å². The van der Waals surface area contributed by atoms with Crippen molar-refractivity contribution >= 4 is 10.0 Å². The van der Waals surface area contributed by atoms with Crippen LogP contribution >= 0.6 is 0 Å². The average molecular weight is 314 g/mol. The third-order valence-electron chi connectivity index (χ3n) is 4.05. The first kappa shape index (κ1) is 16.4. The quantitative estimate of drug-likeness (QED) is 0.845. The molecule has 118 valence electrons. The van der Waals surface area contributed by atoms with E-state index < -0.39 is 15.8 Å². The summed E-state index contributed by atoms with van der Waals surface area (Å²) in [5, 5.41) is 0. The molecule has 1 aromatic rings. The molecule has 0 aromatic heterocycles. The highest BCUT2D eigenvalue weighted by Gasteiger charge is 2.26. The van der Waals surface area contributed by atoms with Gasteiger partial charge in [0.25, 0.3) is 0 Å². The van der Waals surface area contributed by atoms with Crippen LogP contribution in [-0.4, -0.2) is 21.0 Å². The van der Waals surface area contributed by atoms with Gasteiger partial charge in [0, 0.05) is 12.6 Å². The molecule has 1 aliphatic carbocycles. The Kier molecular flexibility index (Phi) is 5.72. The van der Waals surface area contributed by atoms with Crippen molar-refractivity contribution in [3.63, 3.8) is 0 Å². The molecule has 21 heavy (non-hydrogen) atoms. The fraction of sp³-hybridized carbons (Fsp3) is 0.600. The normalized spacial score (nSPS) is 18.6. The van der Waals surface area contributed by atoms with E-state index in [4.69, 9.17) is 5.73 Å². The molecule has 0 radical (unpaired) electrons. The number of nitrogens with one attached hydrogen (secondary N) is 1. The van der Waals surface area contributed by atoms with Gasteiger partial charge in [-0.15, -0.1) is 0 Å². The van der Waals surface area contributed by atoms with Gasteiger partial charge >= 0.3 is 0 Å². The minimum Gasteiger partial charge on any atom is -0.329 e. The van der Waals surface area contributed by atoms with E-state index in [1.165, 1.54) is 24.6 Å². The predicted molar refractivity (Wildman–Crippen MR) is 81.6 cm³/mol. The minimum absolute atomic E-state index is 0.214. The molecular formula is C15H23FN2O2S. The molecule has 0 spiro atoms. The molecule has 1 fully saturated rings. The lowest BCUT2D eigenvalue weighted by atomic mass is 9.84. The molecule has 1 aromatic carbocycles. The van der Waals surface area contributed by atoms with Crippen LogP contribution in [0.2, 0.25) is 0 Å². The van der Waals surface area contributed by atoms with Crippen molar-refractivity contribution in [1.29, 1.82) is 0 Å².